The van der Waals surface area contributed by atoms with Crippen LogP contribution in [-0.2, 0) is 6.54 Å². The molecular formula is C9H8N4O2. The minimum atomic E-state index is -0.286. The second-order valence-corrected chi connectivity index (χ2v) is 2.77. The largest absolute Gasteiger partial charge is 0.451 e. The molecule has 0 aliphatic rings. The van der Waals surface area contributed by atoms with E-state index in [0.29, 0.717) is 12.2 Å². The molecule has 0 atom stereocenters. The Hall–Kier alpha value is -2.24. The highest BCUT2D eigenvalue weighted by Gasteiger charge is 2.06. The van der Waals surface area contributed by atoms with Crippen molar-refractivity contribution in [2.24, 2.45) is 0 Å². The van der Waals surface area contributed by atoms with E-state index in [1.165, 1.54) is 18.9 Å². The first-order chi connectivity index (χ1) is 7.36. The SMILES string of the molecule is O=C(NCc1cocn1)c1cccnn1. The lowest BCUT2D eigenvalue weighted by atomic mass is 10.3. The number of aromatic nitrogens is 3. The second-order valence-electron chi connectivity index (χ2n) is 2.77. The van der Waals surface area contributed by atoms with Gasteiger partial charge in [-0.1, -0.05) is 0 Å². The lowest BCUT2D eigenvalue weighted by molar-refractivity contribution is 0.0944. The molecule has 0 aromatic carbocycles. The number of carbonyl (C=O) groups excluding carboxylic acids is 1. The van der Waals surface area contributed by atoms with E-state index in [4.69, 9.17) is 4.42 Å². The number of hydrogen-bond donors (Lipinski definition) is 1. The molecule has 0 fully saturated rings. The third kappa shape index (κ3) is 2.37. The van der Waals surface area contributed by atoms with Gasteiger partial charge >= 0.3 is 0 Å². The van der Waals surface area contributed by atoms with Crippen molar-refractivity contribution in [2.75, 3.05) is 0 Å². The van der Waals surface area contributed by atoms with E-state index >= 15 is 0 Å². The first-order valence-electron chi connectivity index (χ1n) is 4.29. The van der Waals surface area contributed by atoms with E-state index in [2.05, 4.69) is 20.5 Å². The van der Waals surface area contributed by atoms with Crippen LogP contribution in [0.1, 0.15) is 16.2 Å². The van der Waals surface area contributed by atoms with Gasteiger partial charge in [-0.15, -0.1) is 5.10 Å². The third-order valence-electron chi connectivity index (χ3n) is 1.72. The summed E-state index contributed by atoms with van der Waals surface area (Å²) in [6, 6.07) is 3.24. The summed E-state index contributed by atoms with van der Waals surface area (Å²) in [6.45, 7) is 0.311. The summed E-state index contributed by atoms with van der Waals surface area (Å²) < 4.78 is 4.76. The fourth-order valence-corrected chi connectivity index (χ4v) is 1.01. The van der Waals surface area contributed by atoms with Crippen LogP contribution in [-0.4, -0.2) is 21.1 Å². The van der Waals surface area contributed by atoms with Gasteiger partial charge in [0.2, 0.25) is 0 Å². The summed E-state index contributed by atoms with van der Waals surface area (Å²) in [4.78, 5) is 15.3. The summed E-state index contributed by atoms with van der Waals surface area (Å²) in [5, 5.41) is 9.92. The van der Waals surface area contributed by atoms with Crippen molar-refractivity contribution >= 4 is 5.91 Å². The average molecular weight is 204 g/mol. The van der Waals surface area contributed by atoms with Crippen molar-refractivity contribution in [1.82, 2.24) is 20.5 Å². The quantitative estimate of drug-likeness (QED) is 0.782. The lowest BCUT2D eigenvalue weighted by Gasteiger charge is -2.00. The number of carbonyl (C=O) groups is 1. The standard InChI is InChI=1S/C9H8N4O2/c14-9(8-2-1-3-12-13-8)10-4-7-5-15-6-11-7/h1-3,5-6H,4H2,(H,10,14). The van der Waals surface area contributed by atoms with Gasteiger partial charge in [-0.25, -0.2) is 4.98 Å². The highest BCUT2D eigenvalue weighted by Crippen LogP contribution is 1.95. The molecule has 0 unspecified atom stereocenters. The Morgan fingerprint density at radius 2 is 2.47 bits per heavy atom. The maximum Gasteiger partial charge on any atom is 0.272 e. The van der Waals surface area contributed by atoms with Gasteiger partial charge in [0.15, 0.2) is 12.1 Å². The molecule has 0 aliphatic carbocycles. The maximum atomic E-state index is 11.5. The molecule has 76 valence electrons. The monoisotopic (exact) mass is 204 g/mol. The Kier molecular flexibility index (Phi) is 2.68. The van der Waals surface area contributed by atoms with E-state index in [1.54, 1.807) is 12.1 Å². The van der Waals surface area contributed by atoms with Crippen LogP contribution in [0.5, 0.6) is 0 Å². The predicted octanol–water partition coefficient (Wildman–Crippen LogP) is 0.395. The third-order valence-corrected chi connectivity index (χ3v) is 1.72. The first-order valence-corrected chi connectivity index (χ1v) is 4.29. The number of amides is 1. The van der Waals surface area contributed by atoms with E-state index in [9.17, 15) is 4.79 Å². The van der Waals surface area contributed by atoms with Crippen LogP contribution in [0.4, 0.5) is 0 Å². The summed E-state index contributed by atoms with van der Waals surface area (Å²) in [5.41, 5.74) is 0.938. The molecule has 0 saturated heterocycles. The maximum absolute atomic E-state index is 11.5. The lowest BCUT2D eigenvalue weighted by Crippen LogP contribution is -2.24. The number of nitrogens with zero attached hydrogens (tertiary/aromatic N) is 3. The Balaban J connectivity index is 1.94. The summed E-state index contributed by atoms with van der Waals surface area (Å²) >= 11 is 0. The van der Waals surface area contributed by atoms with Crippen molar-refractivity contribution in [2.45, 2.75) is 6.54 Å². The minimum absolute atomic E-state index is 0.279. The van der Waals surface area contributed by atoms with Crippen LogP contribution < -0.4 is 5.32 Å². The summed E-state index contributed by atoms with van der Waals surface area (Å²) in [5.74, 6) is -0.286. The fourth-order valence-electron chi connectivity index (χ4n) is 1.01. The van der Waals surface area contributed by atoms with Crippen LogP contribution in [0.15, 0.2) is 35.4 Å². The van der Waals surface area contributed by atoms with Crippen molar-refractivity contribution in [3.05, 3.63) is 42.4 Å². The molecule has 15 heavy (non-hydrogen) atoms. The number of nitrogens with one attached hydrogen (secondary N) is 1. The summed E-state index contributed by atoms with van der Waals surface area (Å²) in [6.07, 6.45) is 4.29. The van der Waals surface area contributed by atoms with E-state index < -0.39 is 0 Å². The zero-order valence-corrected chi connectivity index (χ0v) is 7.75. The van der Waals surface area contributed by atoms with Gasteiger partial charge in [0.25, 0.3) is 5.91 Å². The fraction of sp³-hybridized carbons (Fsp3) is 0.111. The Morgan fingerprint density at radius 3 is 3.13 bits per heavy atom. The number of hydrogen-bond acceptors (Lipinski definition) is 5. The zero-order chi connectivity index (χ0) is 10.5. The predicted molar refractivity (Wildman–Crippen MR) is 49.7 cm³/mol. The first kappa shape index (κ1) is 9.32. The van der Waals surface area contributed by atoms with Crippen LogP contribution in [0, 0.1) is 0 Å². The minimum Gasteiger partial charge on any atom is -0.451 e. The Labute approximate surface area is 85.4 Å². The summed E-state index contributed by atoms with van der Waals surface area (Å²) in [7, 11) is 0. The molecule has 6 nitrogen and oxygen atoms in total. The van der Waals surface area contributed by atoms with Crippen LogP contribution in [0.2, 0.25) is 0 Å². The van der Waals surface area contributed by atoms with Gasteiger partial charge in [-0.3, -0.25) is 4.79 Å². The molecule has 0 bridgehead atoms. The molecule has 0 saturated carbocycles. The van der Waals surface area contributed by atoms with E-state index in [0.717, 1.165) is 0 Å². The normalized spacial score (nSPS) is 9.87. The molecule has 0 spiro atoms. The molecule has 2 rings (SSSR count). The van der Waals surface area contributed by atoms with Gasteiger partial charge in [0.05, 0.1) is 12.2 Å². The van der Waals surface area contributed by atoms with Crippen molar-refractivity contribution in [3.8, 4) is 0 Å². The highest BCUT2D eigenvalue weighted by molar-refractivity contribution is 5.91. The molecule has 0 aliphatic heterocycles. The molecule has 2 aromatic heterocycles. The van der Waals surface area contributed by atoms with Gasteiger partial charge in [0, 0.05) is 6.20 Å². The molecule has 2 aromatic rings. The van der Waals surface area contributed by atoms with Crippen molar-refractivity contribution in [1.29, 1.82) is 0 Å². The number of oxazole rings is 1. The van der Waals surface area contributed by atoms with Gasteiger partial charge < -0.3 is 9.73 Å². The molecule has 1 amide bonds. The molecule has 0 radical (unpaired) electrons. The number of rotatable bonds is 3. The van der Waals surface area contributed by atoms with E-state index in [1.807, 2.05) is 0 Å². The Bertz CT molecular complexity index is 427. The van der Waals surface area contributed by atoms with Crippen LogP contribution in [0.3, 0.4) is 0 Å². The molecule has 1 N–H and O–H groups in total. The van der Waals surface area contributed by atoms with Gasteiger partial charge in [-0.05, 0) is 12.1 Å². The Morgan fingerprint density at radius 1 is 1.53 bits per heavy atom. The molecule has 6 heteroatoms. The van der Waals surface area contributed by atoms with Gasteiger partial charge in [-0.2, -0.15) is 5.10 Å². The second kappa shape index (κ2) is 4.32. The van der Waals surface area contributed by atoms with Crippen molar-refractivity contribution in [3.63, 3.8) is 0 Å². The topological polar surface area (TPSA) is 80.9 Å². The van der Waals surface area contributed by atoms with Crippen LogP contribution >= 0.6 is 0 Å². The van der Waals surface area contributed by atoms with Crippen molar-refractivity contribution < 1.29 is 9.21 Å². The highest BCUT2D eigenvalue weighted by atomic mass is 16.3. The van der Waals surface area contributed by atoms with Gasteiger partial charge in [0.1, 0.15) is 6.26 Å². The zero-order valence-electron chi connectivity index (χ0n) is 7.75. The average Bonchev–Trinajstić information content (AvgIpc) is 2.80. The molecular weight excluding hydrogens is 196 g/mol. The molecule has 2 heterocycles. The van der Waals surface area contributed by atoms with Crippen LogP contribution in [0.25, 0.3) is 0 Å². The smallest absolute Gasteiger partial charge is 0.272 e. The van der Waals surface area contributed by atoms with E-state index in [-0.39, 0.29) is 11.6 Å².